The van der Waals surface area contributed by atoms with E-state index < -0.39 is 35.2 Å². The van der Waals surface area contributed by atoms with E-state index in [1.807, 2.05) is 42.5 Å². The topological polar surface area (TPSA) is 66.4 Å². The van der Waals surface area contributed by atoms with Gasteiger partial charge in [0.1, 0.15) is 6.04 Å². The molecule has 0 aliphatic rings. The number of amides is 1. The number of hydrogen-bond donors (Lipinski definition) is 2. The standard InChI is InChI=1S/C23H18F3NO3/c24-23(25,26)19-9-5-4-8-18(19)21(28)27-20(22(29)30)14-15-10-12-17(13-11-15)16-6-2-1-3-7-16/h1-13,20H,14H2,(H,27,28)(H,29,30)/t20-/m1/s1. The van der Waals surface area contributed by atoms with E-state index in [0.717, 1.165) is 23.3 Å². The first-order valence-electron chi connectivity index (χ1n) is 9.10. The number of rotatable bonds is 6. The summed E-state index contributed by atoms with van der Waals surface area (Å²) in [5, 5.41) is 11.7. The lowest BCUT2D eigenvalue weighted by atomic mass is 10.00. The maximum absolute atomic E-state index is 13.1. The molecule has 0 spiro atoms. The summed E-state index contributed by atoms with van der Waals surface area (Å²) in [6.45, 7) is 0. The fraction of sp³-hybridized carbons (Fsp3) is 0.130. The van der Waals surface area contributed by atoms with Gasteiger partial charge in [-0.1, -0.05) is 66.7 Å². The highest BCUT2D eigenvalue weighted by molar-refractivity contribution is 5.98. The molecule has 3 rings (SSSR count). The molecule has 7 heteroatoms. The van der Waals surface area contributed by atoms with Crippen LogP contribution in [0.1, 0.15) is 21.5 Å². The molecule has 4 nitrogen and oxygen atoms in total. The third kappa shape index (κ3) is 5.05. The van der Waals surface area contributed by atoms with E-state index in [-0.39, 0.29) is 6.42 Å². The average Bonchev–Trinajstić information content (AvgIpc) is 2.73. The summed E-state index contributed by atoms with van der Waals surface area (Å²) >= 11 is 0. The number of benzene rings is 3. The lowest BCUT2D eigenvalue weighted by Gasteiger charge is -2.17. The summed E-state index contributed by atoms with van der Waals surface area (Å²) in [6.07, 6.45) is -4.79. The number of alkyl halides is 3. The van der Waals surface area contributed by atoms with Gasteiger partial charge in [0.25, 0.3) is 5.91 Å². The molecule has 0 aliphatic carbocycles. The van der Waals surface area contributed by atoms with Gasteiger partial charge in [0.2, 0.25) is 0 Å². The lowest BCUT2D eigenvalue weighted by molar-refractivity contribution is -0.139. The minimum absolute atomic E-state index is 0.0652. The molecular formula is C23H18F3NO3. The first-order chi connectivity index (χ1) is 14.3. The number of aliphatic carboxylic acids is 1. The molecule has 0 fully saturated rings. The number of halogens is 3. The fourth-order valence-corrected chi connectivity index (χ4v) is 3.06. The molecule has 2 N–H and O–H groups in total. The van der Waals surface area contributed by atoms with Gasteiger partial charge in [0.15, 0.2) is 0 Å². The monoisotopic (exact) mass is 413 g/mol. The predicted molar refractivity (Wildman–Crippen MR) is 106 cm³/mol. The molecule has 0 saturated heterocycles. The molecular weight excluding hydrogens is 395 g/mol. The molecule has 1 atom stereocenters. The summed E-state index contributed by atoms with van der Waals surface area (Å²) < 4.78 is 39.4. The maximum Gasteiger partial charge on any atom is 0.417 e. The zero-order valence-corrected chi connectivity index (χ0v) is 15.7. The van der Waals surface area contributed by atoms with Crippen LogP contribution in [0.3, 0.4) is 0 Å². The summed E-state index contributed by atoms with van der Waals surface area (Å²) in [5.41, 5.74) is 0.839. The Morgan fingerprint density at radius 2 is 1.40 bits per heavy atom. The molecule has 0 heterocycles. The van der Waals surface area contributed by atoms with Crippen molar-refractivity contribution in [3.05, 3.63) is 95.6 Å². The Morgan fingerprint density at radius 1 is 0.833 bits per heavy atom. The van der Waals surface area contributed by atoms with Gasteiger partial charge in [-0.15, -0.1) is 0 Å². The van der Waals surface area contributed by atoms with Crippen LogP contribution in [0.4, 0.5) is 13.2 Å². The molecule has 0 aliphatic heterocycles. The normalized spacial score (nSPS) is 12.2. The number of carbonyl (C=O) groups is 2. The highest BCUT2D eigenvalue weighted by Crippen LogP contribution is 2.31. The molecule has 154 valence electrons. The largest absolute Gasteiger partial charge is 0.480 e. The van der Waals surface area contributed by atoms with Crippen molar-refractivity contribution in [1.82, 2.24) is 5.32 Å². The third-order valence-corrected chi connectivity index (χ3v) is 4.58. The number of carbonyl (C=O) groups excluding carboxylic acids is 1. The Morgan fingerprint density at radius 3 is 2.00 bits per heavy atom. The van der Waals surface area contributed by atoms with Crippen LogP contribution in [-0.2, 0) is 17.4 Å². The molecule has 0 aromatic heterocycles. The molecule has 0 radical (unpaired) electrons. The molecule has 3 aromatic carbocycles. The first kappa shape index (κ1) is 21.1. The van der Waals surface area contributed by atoms with Crippen LogP contribution in [0.5, 0.6) is 0 Å². The first-order valence-corrected chi connectivity index (χ1v) is 9.10. The van der Waals surface area contributed by atoms with E-state index in [9.17, 15) is 27.9 Å². The average molecular weight is 413 g/mol. The predicted octanol–water partition coefficient (Wildman–Crippen LogP) is 4.80. The van der Waals surface area contributed by atoms with Crippen molar-refractivity contribution in [3.8, 4) is 11.1 Å². The lowest BCUT2D eigenvalue weighted by Crippen LogP contribution is -2.42. The highest BCUT2D eigenvalue weighted by atomic mass is 19.4. The van der Waals surface area contributed by atoms with E-state index in [0.29, 0.717) is 5.56 Å². The van der Waals surface area contributed by atoms with Gasteiger partial charge in [-0.2, -0.15) is 13.2 Å². The SMILES string of the molecule is O=C(N[C@H](Cc1ccc(-c2ccccc2)cc1)C(=O)O)c1ccccc1C(F)(F)F. The minimum Gasteiger partial charge on any atom is -0.480 e. The Kier molecular flexibility index (Phi) is 6.20. The number of hydrogen-bond acceptors (Lipinski definition) is 2. The zero-order valence-electron chi connectivity index (χ0n) is 15.7. The van der Waals surface area contributed by atoms with Gasteiger partial charge in [0, 0.05) is 6.42 Å². The van der Waals surface area contributed by atoms with E-state index >= 15 is 0 Å². The van der Waals surface area contributed by atoms with E-state index in [2.05, 4.69) is 5.32 Å². The van der Waals surface area contributed by atoms with E-state index in [1.165, 1.54) is 12.1 Å². The van der Waals surface area contributed by atoms with Gasteiger partial charge in [-0.3, -0.25) is 4.79 Å². The Balaban J connectivity index is 1.76. The third-order valence-electron chi connectivity index (χ3n) is 4.58. The van der Waals surface area contributed by atoms with Crippen molar-refractivity contribution >= 4 is 11.9 Å². The van der Waals surface area contributed by atoms with Gasteiger partial charge in [-0.25, -0.2) is 4.79 Å². The van der Waals surface area contributed by atoms with Crippen molar-refractivity contribution in [1.29, 1.82) is 0 Å². The van der Waals surface area contributed by atoms with Crippen LogP contribution in [0.2, 0.25) is 0 Å². The van der Waals surface area contributed by atoms with Crippen LogP contribution in [0, 0.1) is 0 Å². The van der Waals surface area contributed by atoms with Crippen molar-refractivity contribution in [2.75, 3.05) is 0 Å². The second-order valence-corrected chi connectivity index (χ2v) is 6.67. The van der Waals surface area contributed by atoms with Crippen LogP contribution in [0.15, 0.2) is 78.9 Å². The van der Waals surface area contributed by atoms with Crippen LogP contribution < -0.4 is 5.32 Å². The van der Waals surface area contributed by atoms with E-state index in [1.54, 1.807) is 12.1 Å². The summed E-state index contributed by atoms with van der Waals surface area (Å²) in [4.78, 5) is 24.0. The van der Waals surface area contributed by atoms with Gasteiger partial charge < -0.3 is 10.4 Å². The minimum atomic E-state index is -4.72. The Bertz CT molecular complexity index is 1030. The van der Waals surface area contributed by atoms with Crippen molar-refractivity contribution < 1.29 is 27.9 Å². The summed E-state index contributed by atoms with van der Waals surface area (Å²) in [7, 11) is 0. The fourth-order valence-electron chi connectivity index (χ4n) is 3.06. The Labute approximate surface area is 171 Å². The van der Waals surface area contributed by atoms with Gasteiger partial charge in [-0.05, 0) is 28.8 Å². The van der Waals surface area contributed by atoms with Crippen LogP contribution in [0.25, 0.3) is 11.1 Å². The maximum atomic E-state index is 13.1. The molecule has 0 unspecified atom stereocenters. The quantitative estimate of drug-likeness (QED) is 0.610. The second kappa shape index (κ2) is 8.82. The smallest absolute Gasteiger partial charge is 0.417 e. The van der Waals surface area contributed by atoms with E-state index in [4.69, 9.17) is 0 Å². The second-order valence-electron chi connectivity index (χ2n) is 6.67. The zero-order chi connectivity index (χ0) is 21.7. The molecule has 0 saturated carbocycles. The number of carboxylic acid groups (broad SMARTS) is 1. The molecule has 0 bridgehead atoms. The summed E-state index contributed by atoms with van der Waals surface area (Å²) in [6, 6.07) is 19.6. The number of carboxylic acids is 1. The number of nitrogens with one attached hydrogen (secondary N) is 1. The van der Waals surface area contributed by atoms with Crippen molar-refractivity contribution in [3.63, 3.8) is 0 Å². The van der Waals surface area contributed by atoms with Crippen LogP contribution >= 0.6 is 0 Å². The highest BCUT2D eigenvalue weighted by Gasteiger charge is 2.35. The van der Waals surface area contributed by atoms with Crippen molar-refractivity contribution in [2.45, 2.75) is 18.6 Å². The molecule has 30 heavy (non-hydrogen) atoms. The van der Waals surface area contributed by atoms with Crippen LogP contribution in [-0.4, -0.2) is 23.0 Å². The molecule has 1 amide bonds. The van der Waals surface area contributed by atoms with Gasteiger partial charge in [0.05, 0.1) is 11.1 Å². The summed E-state index contributed by atoms with van der Waals surface area (Å²) in [5.74, 6) is -2.42. The van der Waals surface area contributed by atoms with Gasteiger partial charge >= 0.3 is 12.1 Å². The van der Waals surface area contributed by atoms with Crippen molar-refractivity contribution in [2.24, 2.45) is 0 Å². The molecule has 3 aromatic rings. The Hall–Kier alpha value is -3.61.